The van der Waals surface area contributed by atoms with E-state index in [1.807, 2.05) is 44.3 Å². The Morgan fingerprint density at radius 3 is 2.83 bits per heavy atom. The molecule has 2 aromatic rings. The minimum atomic E-state index is 0.586. The molecule has 0 fully saturated rings. The quantitative estimate of drug-likeness (QED) is 0.915. The Kier molecular flexibility index (Phi) is 4.18. The lowest BCUT2D eigenvalue weighted by Gasteiger charge is -2.08. The number of halogens is 1. The maximum absolute atomic E-state index is 5.91. The Morgan fingerprint density at radius 1 is 1.28 bits per heavy atom. The Bertz CT molecular complexity index is 543. The molecule has 94 valence electrons. The van der Waals surface area contributed by atoms with Gasteiger partial charge in [0.05, 0.1) is 0 Å². The third-order valence-corrected chi connectivity index (χ3v) is 2.62. The number of hydrogen-bond donors (Lipinski definition) is 1. The van der Waals surface area contributed by atoms with Crippen LogP contribution >= 0.6 is 11.6 Å². The molecule has 0 atom stereocenters. The predicted molar refractivity (Wildman–Crippen MR) is 73.3 cm³/mol. The highest BCUT2D eigenvalue weighted by Gasteiger charge is 2.03. The van der Waals surface area contributed by atoms with Gasteiger partial charge in [0.25, 0.3) is 0 Å². The monoisotopic (exact) mass is 262 g/mol. The van der Waals surface area contributed by atoms with E-state index in [1.54, 1.807) is 6.07 Å². The first kappa shape index (κ1) is 12.9. The fraction of sp³-hybridized carbons (Fsp3) is 0.214. The summed E-state index contributed by atoms with van der Waals surface area (Å²) in [7, 11) is 1.91. The lowest BCUT2D eigenvalue weighted by atomic mass is 10.2. The van der Waals surface area contributed by atoms with E-state index in [9.17, 15) is 0 Å². The molecule has 0 spiro atoms. The molecule has 0 bridgehead atoms. The topological polar surface area (TPSA) is 34.2 Å². The summed E-state index contributed by atoms with van der Waals surface area (Å²) in [6, 6.07) is 11.2. The van der Waals surface area contributed by atoms with Crippen LogP contribution in [-0.4, -0.2) is 12.0 Å². The second kappa shape index (κ2) is 5.85. The summed E-state index contributed by atoms with van der Waals surface area (Å²) in [4.78, 5) is 4.35. The van der Waals surface area contributed by atoms with Gasteiger partial charge in [0.15, 0.2) is 0 Å². The second-order valence-electron chi connectivity index (χ2n) is 4.04. The average molecular weight is 263 g/mol. The maximum atomic E-state index is 5.91. The van der Waals surface area contributed by atoms with E-state index < -0.39 is 0 Å². The van der Waals surface area contributed by atoms with Gasteiger partial charge in [-0.05, 0) is 43.8 Å². The highest BCUT2D eigenvalue weighted by Crippen LogP contribution is 2.23. The highest BCUT2D eigenvalue weighted by atomic mass is 35.5. The van der Waals surface area contributed by atoms with Gasteiger partial charge in [-0.15, -0.1) is 0 Å². The number of rotatable bonds is 4. The van der Waals surface area contributed by atoms with Crippen LogP contribution in [0.2, 0.25) is 5.02 Å². The van der Waals surface area contributed by atoms with Crippen LogP contribution in [0.1, 0.15) is 11.3 Å². The molecule has 18 heavy (non-hydrogen) atoms. The summed E-state index contributed by atoms with van der Waals surface area (Å²) in [5.41, 5.74) is 2.07. The Balaban J connectivity index is 2.23. The van der Waals surface area contributed by atoms with Crippen LogP contribution in [0, 0.1) is 6.92 Å². The minimum Gasteiger partial charge on any atom is -0.439 e. The minimum absolute atomic E-state index is 0.586. The van der Waals surface area contributed by atoms with Crippen LogP contribution in [-0.2, 0) is 6.54 Å². The zero-order valence-corrected chi connectivity index (χ0v) is 11.2. The van der Waals surface area contributed by atoms with E-state index in [-0.39, 0.29) is 0 Å². The van der Waals surface area contributed by atoms with Crippen LogP contribution < -0.4 is 10.1 Å². The first-order chi connectivity index (χ1) is 8.67. The summed E-state index contributed by atoms with van der Waals surface area (Å²) in [6.07, 6.45) is 0. The lowest BCUT2D eigenvalue weighted by molar-refractivity contribution is 0.460. The third kappa shape index (κ3) is 3.45. The van der Waals surface area contributed by atoms with Gasteiger partial charge in [-0.1, -0.05) is 17.7 Å². The molecule has 0 saturated carbocycles. The van der Waals surface area contributed by atoms with Crippen molar-refractivity contribution < 1.29 is 4.74 Å². The SMILES string of the molecule is CNCc1cc(C)nc(Oc2cccc(Cl)c2)c1. The van der Waals surface area contributed by atoms with Crippen molar-refractivity contribution in [2.24, 2.45) is 0 Å². The Labute approximate surface area is 112 Å². The number of aryl methyl sites for hydroxylation is 1. The van der Waals surface area contributed by atoms with Gasteiger partial charge in [0, 0.05) is 23.3 Å². The largest absolute Gasteiger partial charge is 0.439 e. The van der Waals surface area contributed by atoms with Crippen molar-refractivity contribution in [2.75, 3.05) is 7.05 Å². The molecule has 0 aliphatic rings. The van der Waals surface area contributed by atoms with Crippen molar-refractivity contribution in [3.63, 3.8) is 0 Å². The molecule has 3 nitrogen and oxygen atoms in total. The average Bonchev–Trinajstić information content (AvgIpc) is 2.28. The molecule has 0 aliphatic heterocycles. The van der Waals surface area contributed by atoms with E-state index >= 15 is 0 Å². The van der Waals surface area contributed by atoms with Gasteiger partial charge in [0.1, 0.15) is 5.75 Å². The number of benzene rings is 1. The molecular weight excluding hydrogens is 248 g/mol. The van der Waals surface area contributed by atoms with Crippen molar-refractivity contribution >= 4 is 11.6 Å². The Morgan fingerprint density at radius 2 is 2.11 bits per heavy atom. The van der Waals surface area contributed by atoms with Crippen molar-refractivity contribution in [2.45, 2.75) is 13.5 Å². The number of nitrogens with zero attached hydrogens (tertiary/aromatic N) is 1. The van der Waals surface area contributed by atoms with Crippen LogP contribution in [0.15, 0.2) is 36.4 Å². The molecule has 1 N–H and O–H groups in total. The molecule has 4 heteroatoms. The molecule has 0 amide bonds. The smallest absolute Gasteiger partial charge is 0.219 e. The Hall–Kier alpha value is -1.58. The van der Waals surface area contributed by atoms with Gasteiger partial charge < -0.3 is 10.1 Å². The zero-order chi connectivity index (χ0) is 13.0. The van der Waals surface area contributed by atoms with Crippen molar-refractivity contribution in [3.8, 4) is 11.6 Å². The van der Waals surface area contributed by atoms with Gasteiger partial charge in [-0.2, -0.15) is 0 Å². The molecule has 0 aliphatic carbocycles. The van der Waals surface area contributed by atoms with Crippen LogP contribution in [0.5, 0.6) is 11.6 Å². The summed E-state index contributed by atoms with van der Waals surface area (Å²) < 4.78 is 5.70. The van der Waals surface area contributed by atoms with Crippen molar-refractivity contribution in [1.29, 1.82) is 0 Å². The third-order valence-electron chi connectivity index (χ3n) is 2.39. The molecule has 1 aromatic heterocycles. The van der Waals surface area contributed by atoms with Gasteiger partial charge in [0.2, 0.25) is 5.88 Å². The molecule has 2 rings (SSSR count). The number of nitrogens with one attached hydrogen (secondary N) is 1. The fourth-order valence-electron chi connectivity index (χ4n) is 1.72. The summed E-state index contributed by atoms with van der Waals surface area (Å²) in [5, 5.41) is 3.76. The van der Waals surface area contributed by atoms with Crippen molar-refractivity contribution in [3.05, 3.63) is 52.7 Å². The van der Waals surface area contributed by atoms with E-state index in [1.165, 1.54) is 0 Å². The first-order valence-electron chi connectivity index (χ1n) is 5.73. The van der Waals surface area contributed by atoms with Crippen LogP contribution in [0.25, 0.3) is 0 Å². The van der Waals surface area contributed by atoms with Gasteiger partial charge in [-0.25, -0.2) is 4.98 Å². The van der Waals surface area contributed by atoms with E-state index in [0.29, 0.717) is 16.7 Å². The number of hydrogen-bond acceptors (Lipinski definition) is 3. The fourth-order valence-corrected chi connectivity index (χ4v) is 1.90. The molecule has 1 heterocycles. The molecular formula is C14H15ClN2O. The molecule has 0 saturated heterocycles. The van der Waals surface area contributed by atoms with E-state index in [4.69, 9.17) is 16.3 Å². The van der Waals surface area contributed by atoms with Gasteiger partial charge in [-0.3, -0.25) is 0 Å². The first-order valence-corrected chi connectivity index (χ1v) is 6.11. The highest BCUT2D eigenvalue weighted by molar-refractivity contribution is 6.30. The summed E-state index contributed by atoms with van der Waals surface area (Å²) in [6.45, 7) is 2.74. The number of pyridine rings is 1. The van der Waals surface area contributed by atoms with Crippen molar-refractivity contribution in [1.82, 2.24) is 10.3 Å². The zero-order valence-electron chi connectivity index (χ0n) is 10.4. The standard InChI is InChI=1S/C14H15ClN2O/c1-10-6-11(9-16-2)7-14(17-10)18-13-5-3-4-12(15)8-13/h3-8,16H,9H2,1-2H3. The molecule has 0 unspecified atom stereocenters. The van der Waals surface area contributed by atoms with E-state index in [0.717, 1.165) is 17.8 Å². The number of ether oxygens (including phenoxy) is 1. The van der Waals surface area contributed by atoms with Crippen LogP contribution in [0.4, 0.5) is 0 Å². The maximum Gasteiger partial charge on any atom is 0.219 e. The lowest BCUT2D eigenvalue weighted by Crippen LogP contribution is -2.06. The second-order valence-corrected chi connectivity index (χ2v) is 4.48. The van der Waals surface area contributed by atoms with Gasteiger partial charge >= 0.3 is 0 Å². The molecule has 1 aromatic carbocycles. The summed E-state index contributed by atoms with van der Waals surface area (Å²) >= 11 is 5.91. The number of aromatic nitrogens is 1. The summed E-state index contributed by atoms with van der Waals surface area (Å²) in [5.74, 6) is 1.28. The van der Waals surface area contributed by atoms with E-state index in [2.05, 4.69) is 10.3 Å². The van der Waals surface area contributed by atoms with Crippen LogP contribution in [0.3, 0.4) is 0 Å². The normalized spacial score (nSPS) is 10.4. The predicted octanol–water partition coefficient (Wildman–Crippen LogP) is 3.56. The molecule has 0 radical (unpaired) electrons.